The van der Waals surface area contributed by atoms with Crippen LogP contribution in [0.5, 0.6) is 0 Å². The average molecular weight is 297 g/mol. The first-order valence-corrected chi connectivity index (χ1v) is 7.51. The lowest BCUT2D eigenvalue weighted by Crippen LogP contribution is -2.17. The molecule has 0 amide bonds. The highest BCUT2D eigenvalue weighted by Crippen LogP contribution is 2.27. The van der Waals surface area contributed by atoms with Crippen molar-refractivity contribution in [2.24, 2.45) is 0 Å². The molecule has 0 fully saturated rings. The van der Waals surface area contributed by atoms with Gasteiger partial charge >= 0.3 is 0 Å². The van der Waals surface area contributed by atoms with Crippen molar-refractivity contribution in [2.45, 2.75) is 12.4 Å². The van der Waals surface area contributed by atoms with E-state index in [-0.39, 0.29) is 0 Å². The van der Waals surface area contributed by atoms with E-state index >= 15 is 0 Å². The van der Waals surface area contributed by atoms with Crippen molar-refractivity contribution in [1.82, 2.24) is 4.98 Å². The fourth-order valence-corrected chi connectivity index (χ4v) is 2.67. The van der Waals surface area contributed by atoms with E-state index in [1.54, 1.807) is 0 Å². The smallest absolute Gasteiger partial charge is 0.0726 e. The third-order valence-corrected chi connectivity index (χ3v) is 3.83. The Balaban J connectivity index is 2.02. The average Bonchev–Trinajstić information content (AvgIpc) is 2.54. The van der Waals surface area contributed by atoms with E-state index in [1.165, 1.54) is 11.3 Å². The van der Waals surface area contributed by atoms with Gasteiger partial charge in [-0.25, -0.2) is 0 Å². The molecule has 2 nitrogen and oxygen atoms in total. The van der Waals surface area contributed by atoms with Gasteiger partial charge in [0.2, 0.25) is 0 Å². The summed E-state index contributed by atoms with van der Waals surface area (Å²) in [6, 6.07) is 20.7. The summed E-state index contributed by atoms with van der Waals surface area (Å²) in [7, 11) is 2.10. The lowest BCUT2D eigenvalue weighted by Gasteiger charge is -2.22. The molecule has 0 radical (unpaired) electrons. The quantitative estimate of drug-likeness (QED) is 0.654. The number of anilines is 1. The second kappa shape index (κ2) is 6.15. The zero-order chi connectivity index (χ0) is 14.7. The third kappa shape index (κ3) is 3.01. The number of rotatable bonds is 4. The number of nitrogens with zero attached hydrogens (tertiary/aromatic N) is 2. The Morgan fingerprint density at radius 2 is 1.71 bits per heavy atom. The molecule has 0 unspecified atom stereocenters. The van der Waals surface area contributed by atoms with Gasteiger partial charge in [-0.1, -0.05) is 48.5 Å². The molecular weight excluding hydrogens is 280 g/mol. The molecule has 1 heterocycles. The van der Waals surface area contributed by atoms with Crippen molar-refractivity contribution < 1.29 is 0 Å². The Morgan fingerprint density at radius 3 is 2.48 bits per heavy atom. The van der Waals surface area contributed by atoms with E-state index in [2.05, 4.69) is 53.3 Å². The minimum absolute atomic E-state index is 0.428. The number of aromatic nitrogens is 1. The standard InChI is InChI=1S/C18H17ClN2/c1-21(13-14-7-3-2-4-8-14)18-11-15(12-19)20-17-10-6-5-9-16(17)18/h2-11H,12-13H2,1H3. The number of fused-ring (bicyclic) bond motifs is 1. The van der Waals surface area contributed by atoms with Crippen molar-refractivity contribution in [3.63, 3.8) is 0 Å². The zero-order valence-corrected chi connectivity index (χ0v) is 12.7. The Kier molecular flexibility index (Phi) is 4.07. The number of para-hydroxylation sites is 1. The molecule has 0 bridgehead atoms. The molecule has 2 aromatic carbocycles. The van der Waals surface area contributed by atoms with Gasteiger partial charge in [0.15, 0.2) is 0 Å². The minimum atomic E-state index is 0.428. The molecule has 0 aliphatic carbocycles. The first kappa shape index (κ1) is 13.9. The van der Waals surface area contributed by atoms with Gasteiger partial charge < -0.3 is 4.90 Å². The van der Waals surface area contributed by atoms with E-state index in [1.807, 2.05) is 24.3 Å². The Bertz CT molecular complexity index is 741. The molecular formula is C18H17ClN2. The first-order chi connectivity index (χ1) is 10.3. The van der Waals surface area contributed by atoms with Gasteiger partial charge in [0.25, 0.3) is 0 Å². The van der Waals surface area contributed by atoms with Crippen LogP contribution in [0, 0.1) is 0 Å². The van der Waals surface area contributed by atoms with Gasteiger partial charge in [-0.2, -0.15) is 0 Å². The van der Waals surface area contributed by atoms with Gasteiger partial charge in [-0.15, -0.1) is 11.6 Å². The Labute approximate surface area is 130 Å². The SMILES string of the molecule is CN(Cc1ccccc1)c1cc(CCl)nc2ccccc12. The molecule has 1 aromatic heterocycles. The summed E-state index contributed by atoms with van der Waals surface area (Å²) in [5.74, 6) is 0.428. The van der Waals surface area contributed by atoms with Gasteiger partial charge in [0, 0.05) is 24.7 Å². The van der Waals surface area contributed by atoms with Gasteiger partial charge in [0.1, 0.15) is 0 Å². The predicted octanol–water partition coefficient (Wildman–Crippen LogP) is 4.61. The fraction of sp³-hybridized carbons (Fsp3) is 0.167. The summed E-state index contributed by atoms with van der Waals surface area (Å²) in [6.07, 6.45) is 0. The van der Waals surface area contributed by atoms with Crippen LogP contribution < -0.4 is 4.90 Å². The van der Waals surface area contributed by atoms with Gasteiger partial charge in [0.05, 0.1) is 17.1 Å². The Hall–Kier alpha value is -2.06. The molecule has 3 heteroatoms. The monoisotopic (exact) mass is 296 g/mol. The summed E-state index contributed by atoms with van der Waals surface area (Å²) in [5, 5.41) is 1.16. The lowest BCUT2D eigenvalue weighted by atomic mass is 10.1. The predicted molar refractivity (Wildman–Crippen MR) is 89.8 cm³/mol. The molecule has 0 saturated heterocycles. The van der Waals surface area contributed by atoms with Gasteiger partial charge in [-0.05, 0) is 17.7 Å². The van der Waals surface area contributed by atoms with Crippen LogP contribution in [0.3, 0.4) is 0 Å². The topological polar surface area (TPSA) is 16.1 Å². The molecule has 0 N–H and O–H groups in total. The van der Waals surface area contributed by atoms with Crippen LogP contribution >= 0.6 is 11.6 Å². The number of hydrogen-bond donors (Lipinski definition) is 0. The molecule has 3 aromatic rings. The molecule has 0 saturated carbocycles. The van der Waals surface area contributed by atoms with Crippen LogP contribution in [-0.2, 0) is 12.4 Å². The summed E-state index contributed by atoms with van der Waals surface area (Å²) >= 11 is 5.98. The van der Waals surface area contributed by atoms with Crippen molar-refractivity contribution >= 4 is 28.2 Å². The maximum Gasteiger partial charge on any atom is 0.0726 e. The molecule has 106 valence electrons. The van der Waals surface area contributed by atoms with E-state index in [0.717, 1.165) is 23.1 Å². The number of halogens is 1. The summed E-state index contributed by atoms with van der Waals surface area (Å²) in [6.45, 7) is 0.858. The van der Waals surface area contributed by atoms with E-state index in [9.17, 15) is 0 Å². The Morgan fingerprint density at radius 1 is 1.00 bits per heavy atom. The molecule has 21 heavy (non-hydrogen) atoms. The van der Waals surface area contributed by atoms with Crippen LogP contribution in [0.25, 0.3) is 10.9 Å². The molecule has 0 spiro atoms. The number of hydrogen-bond acceptors (Lipinski definition) is 2. The van der Waals surface area contributed by atoms with E-state index in [4.69, 9.17) is 11.6 Å². The first-order valence-electron chi connectivity index (χ1n) is 6.97. The van der Waals surface area contributed by atoms with Crippen molar-refractivity contribution in [3.8, 4) is 0 Å². The second-order valence-corrected chi connectivity index (χ2v) is 5.39. The van der Waals surface area contributed by atoms with Crippen LogP contribution in [0.2, 0.25) is 0 Å². The van der Waals surface area contributed by atoms with Crippen LogP contribution in [-0.4, -0.2) is 12.0 Å². The third-order valence-electron chi connectivity index (χ3n) is 3.56. The largest absolute Gasteiger partial charge is 0.370 e. The number of alkyl halides is 1. The second-order valence-electron chi connectivity index (χ2n) is 5.13. The highest BCUT2D eigenvalue weighted by Gasteiger charge is 2.09. The minimum Gasteiger partial charge on any atom is -0.370 e. The number of benzene rings is 2. The highest BCUT2D eigenvalue weighted by molar-refractivity contribution is 6.17. The number of pyridine rings is 1. The normalized spacial score (nSPS) is 10.8. The fourth-order valence-electron chi connectivity index (χ4n) is 2.54. The summed E-state index contributed by atoms with van der Waals surface area (Å²) in [5.41, 5.74) is 4.35. The van der Waals surface area contributed by atoms with E-state index in [0.29, 0.717) is 5.88 Å². The molecule has 0 atom stereocenters. The highest BCUT2D eigenvalue weighted by atomic mass is 35.5. The van der Waals surface area contributed by atoms with Crippen molar-refractivity contribution in [1.29, 1.82) is 0 Å². The summed E-state index contributed by atoms with van der Waals surface area (Å²) in [4.78, 5) is 6.83. The molecule has 0 aliphatic heterocycles. The maximum atomic E-state index is 5.98. The van der Waals surface area contributed by atoms with Crippen molar-refractivity contribution in [3.05, 3.63) is 71.9 Å². The van der Waals surface area contributed by atoms with Gasteiger partial charge in [-0.3, -0.25) is 4.98 Å². The molecule has 0 aliphatic rings. The zero-order valence-electron chi connectivity index (χ0n) is 12.0. The maximum absolute atomic E-state index is 5.98. The molecule has 3 rings (SSSR count). The summed E-state index contributed by atoms with van der Waals surface area (Å²) < 4.78 is 0. The van der Waals surface area contributed by atoms with Crippen LogP contribution in [0.15, 0.2) is 60.7 Å². The van der Waals surface area contributed by atoms with Crippen LogP contribution in [0.1, 0.15) is 11.3 Å². The van der Waals surface area contributed by atoms with E-state index < -0.39 is 0 Å². The van der Waals surface area contributed by atoms with Crippen molar-refractivity contribution in [2.75, 3.05) is 11.9 Å². The lowest BCUT2D eigenvalue weighted by molar-refractivity contribution is 0.924. The van der Waals surface area contributed by atoms with Crippen LogP contribution in [0.4, 0.5) is 5.69 Å².